The molecule has 0 fully saturated rings. The van der Waals surface area contributed by atoms with Crippen LogP contribution in [0.1, 0.15) is 18.9 Å². The van der Waals surface area contributed by atoms with E-state index in [1.807, 2.05) is 25.3 Å². The zero-order valence-corrected chi connectivity index (χ0v) is 10.4. The predicted octanol–water partition coefficient (Wildman–Crippen LogP) is 1.86. The minimum absolute atomic E-state index is 0.175. The molecule has 0 bridgehead atoms. The molecule has 0 aliphatic rings. The highest BCUT2D eigenvalue weighted by Gasteiger charge is 2.10. The summed E-state index contributed by atoms with van der Waals surface area (Å²) in [4.78, 5) is 20.1. The topological polar surface area (TPSA) is 69.2 Å². The van der Waals surface area contributed by atoms with Crippen molar-refractivity contribution in [2.45, 2.75) is 19.9 Å². The molecule has 0 aromatic carbocycles. The fraction of sp³-hybridized carbons (Fsp3) is 0.385. The Bertz CT molecular complexity index is 536. The summed E-state index contributed by atoms with van der Waals surface area (Å²) >= 11 is 0. The first kappa shape index (κ1) is 12.6. The van der Waals surface area contributed by atoms with Crippen LogP contribution in [0.2, 0.25) is 0 Å². The van der Waals surface area contributed by atoms with Crippen LogP contribution in [0.3, 0.4) is 0 Å². The molecule has 0 atom stereocenters. The van der Waals surface area contributed by atoms with Gasteiger partial charge in [0.05, 0.1) is 6.42 Å². The van der Waals surface area contributed by atoms with Crippen molar-refractivity contribution in [1.29, 1.82) is 0 Å². The second-order valence-corrected chi connectivity index (χ2v) is 4.23. The number of carbonyl (C=O) groups is 1. The Kier molecular flexibility index (Phi) is 3.94. The second-order valence-electron chi connectivity index (χ2n) is 4.23. The van der Waals surface area contributed by atoms with Crippen LogP contribution >= 0.6 is 0 Å². The van der Waals surface area contributed by atoms with Crippen molar-refractivity contribution >= 4 is 17.0 Å². The molecule has 0 saturated carbocycles. The summed E-state index contributed by atoms with van der Waals surface area (Å²) in [6.45, 7) is 4.18. The molecule has 2 rings (SSSR count). The molecule has 96 valence electrons. The van der Waals surface area contributed by atoms with Crippen molar-refractivity contribution in [3.63, 3.8) is 0 Å². The Morgan fingerprint density at radius 1 is 1.56 bits per heavy atom. The molecule has 0 unspecified atom stereocenters. The average Bonchev–Trinajstić information content (AvgIpc) is 2.77. The summed E-state index contributed by atoms with van der Waals surface area (Å²) < 4.78 is 0. The van der Waals surface area contributed by atoms with E-state index >= 15 is 0 Å². The van der Waals surface area contributed by atoms with E-state index in [-0.39, 0.29) is 6.42 Å². The van der Waals surface area contributed by atoms with Gasteiger partial charge in [-0.05, 0) is 24.2 Å². The number of H-pyrrole nitrogens is 1. The number of aromatic nitrogens is 2. The summed E-state index contributed by atoms with van der Waals surface area (Å²) in [6, 6.07) is 3.94. The van der Waals surface area contributed by atoms with Gasteiger partial charge in [-0.1, -0.05) is 6.92 Å². The molecule has 2 N–H and O–H groups in total. The summed E-state index contributed by atoms with van der Waals surface area (Å²) in [5, 5.41) is 9.82. The monoisotopic (exact) mass is 247 g/mol. The average molecular weight is 247 g/mol. The molecular formula is C13H17N3O2. The maximum atomic E-state index is 10.6. The highest BCUT2D eigenvalue weighted by molar-refractivity contribution is 5.79. The van der Waals surface area contributed by atoms with E-state index in [9.17, 15) is 4.79 Å². The lowest BCUT2D eigenvalue weighted by Gasteiger charge is -2.18. The molecule has 5 heteroatoms. The molecule has 2 aromatic heterocycles. The number of rotatable bonds is 6. The molecule has 5 nitrogen and oxygen atoms in total. The Labute approximate surface area is 105 Å². The van der Waals surface area contributed by atoms with Gasteiger partial charge in [0.1, 0.15) is 5.65 Å². The Morgan fingerprint density at radius 2 is 2.39 bits per heavy atom. The van der Waals surface area contributed by atoms with E-state index in [2.05, 4.69) is 14.9 Å². The molecule has 0 saturated heterocycles. The zero-order valence-electron chi connectivity index (χ0n) is 10.4. The largest absolute Gasteiger partial charge is 0.481 e. The SMILES string of the molecule is CCN(CCC(=O)O)Cc1c[nH]c2ncccc12. The fourth-order valence-corrected chi connectivity index (χ4v) is 1.99. The van der Waals surface area contributed by atoms with Gasteiger partial charge >= 0.3 is 5.97 Å². The molecule has 2 aromatic rings. The van der Waals surface area contributed by atoms with E-state index in [1.165, 1.54) is 0 Å². The first-order chi connectivity index (χ1) is 8.70. The van der Waals surface area contributed by atoms with Gasteiger partial charge in [-0.15, -0.1) is 0 Å². The predicted molar refractivity (Wildman–Crippen MR) is 69.3 cm³/mol. The van der Waals surface area contributed by atoms with Gasteiger partial charge in [-0.25, -0.2) is 4.98 Å². The van der Waals surface area contributed by atoms with Gasteiger partial charge in [0.2, 0.25) is 0 Å². The van der Waals surface area contributed by atoms with Crippen molar-refractivity contribution in [2.24, 2.45) is 0 Å². The number of hydrogen-bond donors (Lipinski definition) is 2. The first-order valence-electron chi connectivity index (χ1n) is 6.06. The van der Waals surface area contributed by atoms with E-state index in [0.29, 0.717) is 6.54 Å². The van der Waals surface area contributed by atoms with Crippen molar-refractivity contribution in [1.82, 2.24) is 14.9 Å². The fourth-order valence-electron chi connectivity index (χ4n) is 1.99. The van der Waals surface area contributed by atoms with Crippen LogP contribution in [0.15, 0.2) is 24.5 Å². The van der Waals surface area contributed by atoms with Gasteiger partial charge in [0.15, 0.2) is 0 Å². The number of hydrogen-bond acceptors (Lipinski definition) is 3. The first-order valence-corrected chi connectivity index (χ1v) is 6.06. The molecule has 0 aliphatic carbocycles. The number of pyridine rings is 1. The Hall–Kier alpha value is -1.88. The standard InChI is InChI=1S/C13H17N3O2/c1-2-16(7-5-12(17)18)9-10-8-15-13-11(10)4-3-6-14-13/h3-4,6,8H,2,5,7,9H2,1H3,(H,14,15)(H,17,18). The van der Waals surface area contributed by atoms with Crippen LogP contribution in [0.5, 0.6) is 0 Å². The van der Waals surface area contributed by atoms with Gasteiger partial charge in [0, 0.05) is 30.9 Å². The van der Waals surface area contributed by atoms with Crippen molar-refractivity contribution in [2.75, 3.05) is 13.1 Å². The Balaban J connectivity index is 2.09. The molecular weight excluding hydrogens is 230 g/mol. The van der Waals surface area contributed by atoms with Gasteiger partial charge in [-0.2, -0.15) is 0 Å². The normalized spacial score (nSPS) is 11.2. The van der Waals surface area contributed by atoms with Gasteiger partial charge in [-0.3, -0.25) is 9.69 Å². The number of nitrogens with zero attached hydrogens (tertiary/aromatic N) is 2. The summed E-state index contributed by atoms with van der Waals surface area (Å²) in [5.41, 5.74) is 2.03. The van der Waals surface area contributed by atoms with E-state index in [0.717, 1.165) is 29.7 Å². The van der Waals surface area contributed by atoms with E-state index in [1.54, 1.807) is 6.20 Å². The minimum atomic E-state index is -0.756. The quantitative estimate of drug-likeness (QED) is 0.817. The molecule has 18 heavy (non-hydrogen) atoms. The van der Waals surface area contributed by atoms with Crippen LogP contribution < -0.4 is 0 Å². The third kappa shape index (κ3) is 2.87. The van der Waals surface area contributed by atoms with Crippen LogP contribution in [-0.4, -0.2) is 39.0 Å². The van der Waals surface area contributed by atoms with Crippen LogP contribution in [0.4, 0.5) is 0 Å². The summed E-state index contributed by atoms with van der Waals surface area (Å²) in [5.74, 6) is -0.756. The van der Waals surface area contributed by atoms with Crippen LogP contribution in [0, 0.1) is 0 Å². The van der Waals surface area contributed by atoms with E-state index in [4.69, 9.17) is 5.11 Å². The third-order valence-electron chi connectivity index (χ3n) is 3.02. The zero-order chi connectivity index (χ0) is 13.0. The highest BCUT2D eigenvalue weighted by Crippen LogP contribution is 2.17. The lowest BCUT2D eigenvalue weighted by molar-refractivity contribution is -0.137. The lowest BCUT2D eigenvalue weighted by Crippen LogP contribution is -2.25. The minimum Gasteiger partial charge on any atom is -0.481 e. The van der Waals surface area contributed by atoms with Crippen LogP contribution in [-0.2, 0) is 11.3 Å². The summed E-state index contributed by atoms with van der Waals surface area (Å²) in [7, 11) is 0. The van der Waals surface area contributed by atoms with Crippen LogP contribution in [0.25, 0.3) is 11.0 Å². The Morgan fingerprint density at radius 3 is 3.11 bits per heavy atom. The third-order valence-corrected chi connectivity index (χ3v) is 3.02. The van der Waals surface area contributed by atoms with E-state index < -0.39 is 5.97 Å². The van der Waals surface area contributed by atoms with Crippen molar-refractivity contribution in [3.8, 4) is 0 Å². The molecule has 0 amide bonds. The van der Waals surface area contributed by atoms with Gasteiger partial charge < -0.3 is 10.1 Å². The van der Waals surface area contributed by atoms with Crippen molar-refractivity contribution < 1.29 is 9.90 Å². The molecule has 0 radical (unpaired) electrons. The maximum absolute atomic E-state index is 10.6. The second kappa shape index (κ2) is 5.64. The lowest BCUT2D eigenvalue weighted by atomic mass is 10.2. The molecule has 2 heterocycles. The highest BCUT2D eigenvalue weighted by atomic mass is 16.4. The maximum Gasteiger partial charge on any atom is 0.304 e. The summed E-state index contributed by atoms with van der Waals surface area (Å²) in [6.07, 6.45) is 3.88. The molecule has 0 aliphatic heterocycles. The number of nitrogens with one attached hydrogen (secondary N) is 1. The number of aliphatic carboxylic acids is 1. The molecule has 0 spiro atoms. The smallest absolute Gasteiger partial charge is 0.304 e. The number of fused-ring (bicyclic) bond motifs is 1. The number of carboxylic acids is 1. The number of aromatic amines is 1. The van der Waals surface area contributed by atoms with Gasteiger partial charge in [0.25, 0.3) is 0 Å². The number of carboxylic acid groups (broad SMARTS) is 1. The van der Waals surface area contributed by atoms with Crippen molar-refractivity contribution in [3.05, 3.63) is 30.1 Å².